The van der Waals surface area contributed by atoms with Gasteiger partial charge in [0, 0.05) is 5.92 Å². The standard InChI is InChI=1S/C5H12N2O/c1-2-4(3-8)5(6)7/h4,8H,2-3H2,1H3,(H3,6,7). The molecule has 3 nitrogen and oxygen atoms in total. The van der Waals surface area contributed by atoms with Crippen LogP contribution in [0.15, 0.2) is 0 Å². The molecular formula is C5H12N2O. The zero-order valence-corrected chi connectivity index (χ0v) is 5.02. The van der Waals surface area contributed by atoms with Crippen LogP contribution in [0.4, 0.5) is 0 Å². The van der Waals surface area contributed by atoms with Crippen molar-refractivity contribution in [3.05, 3.63) is 0 Å². The number of rotatable bonds is 3. The van der Waals surface area contributed by atoms with Gasteiger partial charge in [-0.3, -0.25) is 5.41 Å². The van der Waals surface area contributed by atoms with Crippen molar-refractivity contribution >= 4 is 5.84 Å². The average molecular weight is 116 g/mol. The zero-order chi connectivity index (χ0) is 6.57. The highest BCUT2D eigenvalue weighted by Crippen LogP contribution is 1.97. The van der Waals surface area contributed by atoms with Crippen LogP contribution >= 0.6 is 0 Å². The Kier molecular flexibility index (Phi) is 3.19. The van der Waals surface area contributed by atoms with E-state index < -0.39 is 0 Å². The predicted octanol–water partition coefficient (Wildman–Crippen LogP) is -0.0591. The minimum Gasteiger partial charge on any atom is -0.396 e. The maximum absolute atomic E-state index is 8.48. The molecule has 0 fully saturated rings. The highest BCUT2D eigenvalue weighted by Gasteiger charge is 2.05. The quantitative estimate of drug-likeness (QED) is 0.357. The SMILES string of the molecule is CCC(CO)C(=N)N. The van der Waals surface area contributed by atoms with Crippen molar-refractivity contribution in [1.29, 1.82) is 5.41 Å². The van der Waals surface area contributed by atoms with Crippen LogP contribution in [0.2, 0.25) is 0 Å². The summed E-state index contributed by atoms with van der Waals surface area (Å²) in [5.74, 6) is -0.0509. The molecule has 0 aliphatic carbocycles. The van der Waals surface area contributed by atoms with Gasteiger partial charge in [0.25, 0.3) is 0 Å². The third-order valence-corrected chi connectivity index (χ3v) is 1.15. The second-order valence-electron chi connectivity index (χ2n) is 1.74. The van der Waals surface area contributed by atoms with E-state index in [0.717, 1.165) is 6.42 Å². The fourth-order valence-corrected chi connectivity index (χ4v) is 0.447. The van der Waals surface area contributed by atoms with Crippen LogP contribution in [0.1, 0.15) is 13.3 Å². The van der Waals surface area contributed by atoms with Crippen molar-refractivity contribution in [3.8, 4) is 0 Å². The number of amidine groups is 1. The summed E-state index contributed by atoms with van der Waals surface area (Å²) in [6.07, 6.45) is 0.742. The van der Waals surface area contributed by atoms with Crippen molar-refractivity contribution in [2.75, 3.05) is 6.61 Å². The largest absolute Gasteiger partial charge is 0.396 e. The van der Waals surface area contributed by atoms with Gasteiger partial charge in [-0.25, -0.2) is 0 Å². The Morgan fingerprint density at radius 1 is 1.88 bits per heavy atom. The molecule has 0 aromatic heterocycles. The van der Waals surface area contributed by atoms with Crippen LogP contribution in [0.3, 0.4) is 0 Å². The van der Waals surface area contributed by atoms with Gasteiger partial charge in [0.05, 0.1) is 12.4 Å². The van der Waals surface area contributed by atoms with Gasteiger partial charge in [-0.05, 0) is 6.42 Å². The molecule has 0 saturated heterocycles. The summed E-state index contributed by atoms with van der Waals surface area (Å²) in [6, 6.07) is 0. The fourth-order valence-electron chi connectivity index (χ4n) is 0.447. The Balaban J connectivity index is 3.52. The first-order valence-corrected chi connectivity index (χ1v) is 2.67. The molecule has 0 bridgehead atoms. The summed E-state index contributed by atoms with van der Waals surface area (Å²) in [4.78, 5) is 0. The van der Waals surface area contributed by atoms with Gasteiger partial charge in [0.15, 0.2) is 0 Å². The zero-order valence-electron chi connectivity index (χ0n) is 5.02. The van der Waals surface area contributed by atoms with Crippen LogP contribution in [0.25, 0.3) is 0 Å². The number of hydrogen-bond donors (Lipinski definition) is 3. The minimum atomic E-state index is -0.130. The number of aliphatic hydroxyl groups is 1. The molecule has 0 aliphatic heterocycles. The van der Waals surface area contributed by atoms with Crippen LogP contribution in [0.5, 0.6) is 0 Å². The lowest BCUT2D eigenvalue weighted by Gasteiger charge is -2.06. The highest BCUT2D eigenvalue weighted by atomic mass is 16.3. The highest BCUT2D eigenvalue weighted by molar-refractivity contribution is 5.79. The van der Waals surface area contributed by atoms with Gasteiger partial charge in [-0.15, -0.1) is 0 Å². The Bertz CT molecular complexity index is 78.5. The molecule has 0 spiro atoms. The second kappa shape index (κ2) is 3.43. The summed E-state index contributed by atoms with van der Waals surface area (Å²) in [5.41, 5.74) is 5.08. The van der Waals surface area contributed by atoms with Crippen molar-refractivity contribution in [1.82, 2.24) is 0 Å². The van der Waals surface area contributed by atoms with E-state index in [1.807, 2.05) is 6.92 Å². The van der Waals surface area contributed by atoms with Crippen molar-refractivity contribution < 1.29 is 5.11 Å². The van der Waals surface area contributed by atoms with Gasteiger partial charge in [0.2, 0.25) is 0 Å². The van der Waals surface area contributed by atoms with Crippen molar-refractivity contribution in [3.63, 3.8) is 0 Å². The van der Waals surface area contributed by atoms with Crippen molar-refractivity contribution in [2.45, 2.75) is 13.3 Å². The summed E-state index contributed by atoms with van der Waals surface area (Å²) >= 11 is 0. The third kappa shape index (κ3) is 1.93. The lowest BCUT2D eigenvalue weighted by atomic mass is 10.1. The predicted molar refractivity (Wildman–Crippen MR) is 32.8 cm³/mol. The van der Waals surface area contributed by atoms with Crippen LogP contribution in [-0.4, -0.2) is 17.5 Å². The molecule has 0 rings (SSSR count). The van der Waals surface area contributed by atoms with E-state index >= 15 is 0 Å². The van der Waals surface area contributed by atoms with Gasteiger partial charge in [0.1, 0.15) is 0 Å². The third-order valence-electron chi connectivity index (χ3n) is 1.15. The molecule has 0 radical (unpaired) electrons. The van der Waals surface area contributed by atoms with Crippen LogP contribution in [0, 0.1) is 11.3 Å². The van der Waals surface area contributed by atoms with E-state index in [9.17, 15) is 0 Å². The first-order valence-electron chi connectivity index (χ1n) is 2.67. The smallest absolute Gasteiger partial charge is 0.0960 e. The van der Waals surface area contributed by atoms with Gasteiger partial charge in [-0.1, -0.05) is 6.92 Å². The van der Waals surface area contributed by atoms with E-state index in [1.165, 1.54) is 0 Å². The molecule has 1 atom stereocenters. The molecule has 0 amide bonds. The summed E-state index contributed by atoms with van der Waals surface area (Å²) in [6.45, 7) is 1.88. The molecule has 0 aliphatic rings. The minimum absolute atomic E-state index is 0.00810. The Morgan fingerprint density at radius 2 is 2.38 bits per heavy atom. The average Bonchev–Trinajstić information content (AvgIpc) is 1.69. The van der Waals surface area contributed by atoms with E-state index in [1.54, 1.807) is 0 Å². The topological polar surface area (TPSA) is 70.1 Å². The molecule has 48 valence electrons. The monoisotopic (exact) mass is 116 g/mol. The second-order valence-corrected chi connectivity index (χ2v) is 1.74. The lowest BCUT2D eigenvalue weighted by Crippen LogP contribution is -2.24. The van der Waals surface area contributed by atoms with Gasteiger partial charge < -0.3 is 10.8 Å². The first-order chi connectivity index (χ1) is 3.72. The molecule has 4 N–H and O–H groups in total. The fraction of sp³-hybridized carbons (Fsp3) is 0.800. The van der Waals surface area contributed by atoms with Gasteiger partial charge in [-0.2, -0.15) is 0 Å². The summed E-state index contributed by atoms with van der Waals surface area (Å²) < 4.78 is 0. The van der Waals surface area contributed by atoms with E-state index in [0.29, 0.717) is 0 Å². The molecule has 0 aromatic carbocycles. The number of aliphatic hydroxyl groups excluding tert-OH is 1. The molecule has 0 aromatic rings. The van der Waals surface area contributed by atoms with Crippen molar-refractivity contribution in [2.24, 2.45) is 11.7 Å². The van der Waals surface area contributed by atoms with Crippen LogP contribution < -0.4 is 5.73 Å². The van der Waals surface area contributed by atoms with E-state index in [2.05, 4.69) is 0 Å². The van der Waals surface area contributed by atoms with Crippen LogP contribution in [-0.2, 0) is 0 Å². The van der Waals surface area contributed by atoms with E-state index in [4.69, 9.17) is 16.2 Å². The number of nitrogens with one attached hydrogen (secondary N) is 1. The normalized spacial score (nSPS) is 13.2. The Labute approximate surface area is 49.0 Å². The molecule has 0 heterocycles. The summed E-state index contributed by atoms with van der Waals surface area (Å²) in [7, 11) is 0. The Morgan fingerprint density at radius 3 is 2.38 bits per heavy atom. The lowest BCUT2D eigenvalue weighted by molar-refractivity contribution is 0.257. The van der Waals surface area contributed by atoms with Gasteiger partial charge >= 0.3 is 0 Å². The summed E-state index contributed by atoms with van der Waals surface area (Å²) in [5, 5.41) is 15.3. The molecule has 0 saturated carbocycles. The van der Waals surface area contributed by atoms with E-state index in [-0.39, 0.29) is 18.4 Å². The molecular weight excluding hydrogens is 104 g/mol. The molecule has 8 heavy (non-hydrogen) atoms. The number of hydrogen-bond acceptors (Lipinski definition) is 2. The molecule has 1 unspecified atom stereocenters. The first kappa shape index (κ1) is 7.43. The maximum Gasteiger partial charge on any atom is 0.0960 e. The number of nitrogens with two attached hydrogens (primary N) is 1. The molecule has 3 heteroatoms. The maximum atomic E-state index is 8.48. The Hall–Kier alpha value is -0.570.